The maximum atomic E-state index is 11.9. The average Bonchev–Trinajstić information content (AvgIpc) is 2.80. The van der Waals surface area contributed by atoms with Crippen molar-refractivity contribution in [2.45, 2.75) is 32.2 Å². The van der Waals surface area contributed by atoms with Crippen LogP contribution in [-0.4, -0.2) is 54.1 Å². The minimum atomic E-state index is -0.254. The first-order valence-electron chi connectivity index (χ1n) is 6.83. The number of hydrogen-bond acceptors (Lipinski definition) is 3. The van der Waals surface area contributed by atoms with E-state index in [2.05, 4.69) is 5.92 Å². The first-order chi connectivity index (χ1) is 9.15. The summed E-state index contributed by atoms with van der Waals surface area (Å²) < 4.78 is 4.98. The fourth-order valence-electron chi connectivity index (χ4n) is 2.77. The molecule has 2 saturated heterocycles. The Hall–Kier alpha value is -1.70. The van der Waals surface area contributed by atoms with Gasteiger partial charge in [0.25, 0.3) is 0 Å². The second-order valence-electron chi connectivity index (χ2n) is 5.03. The minimum Gasteiger partial charge on any atom is -0.450 e. The summed E-state index contributed by atoms with van der Waals surface area (Å²) in [7, 11) is 0. The van der Waals surface area contributed by atoms with Crippen molar-refractivity contribution >= 4 is 12.0 Å². The third-order valence-corrected chi connectivity index (χ3v) is 3.83. The lowest BCUT2D eigenvalue weighted by atomic mass is 10.0. The van der Waals surface area contributed by atoms with Crippen LogP contribution in [0.15, 0.2) is 0 Å². The molecule has 104 valence electrons. The topological polar surface area (TPSA) is 49.9 Å². The van der Waals surface area contributed by atoms with Gasteiger partial charge in [-0.1, -0.05) is 0 Å². The Morgan fingerprint density at radius 3 is 2.68 bits per heavy atom. The van der Waals surface area contributed by atoms with Crippen LogP contribution < -0.4 is 0 Å². The molecule has 5 nitrogen and oxygen atoms in total. The zero-order valence-corrected chi connectivity index (χ0v) is 11.3. The van der Waals surface area contributed by atoms with Gasteiger partial charge in [0.1, 0.15) is 0 Å². The fourth-order valence-corrected chi connectivity index (χ4v) is 2.77. The average molecular weight is 264 g/mol. The molecule has 19 heavy (non-hydrogen) atoms. The lowest BCUT2D eigenvalue weighted by molar-refractivity contribution is -0.130. The van der Waals surface area contributed by atoms with E-state index in [1.54, 1.807) is 11.8 Å². The largest absolute Gasteiger partial charge is 0.450 e. The van der Waals surface area contributed by atoms with Gasteiger partial charge in [-0.15, -0.1) is 12.3 Å². The molecule has 2 aliphatic heterocycles. The Balaban J connectivity index is 1.85. The molecule has 0 N–H and O–H groups in total. The first kappa shape index (κ1) is 13.7. The number of carbonyl (C=O) groups excluding carboxylic acids is 2. The number of piperidine rings is 1. The van der Waals surface area contributed by atoms with Crippen molar-refractivity contribution in [3.63, 3.8) is 0 Å². The number of ether oxygens (including phenoxy) is 1. The Labute approximate surface area is 113 Å². The lowest BCUT2D eigenvalue weighted by Gasteiger charge is -2.36. The van der Waals surface area contributed by atoms with Gasteiger partial charge in [0, 0.05) is 38.0 Å². The molecule has 0 radical (unpaired) electrons. The second-order valence-corrected chi connectivity index (χ2v) is 5.03. The standard InChI is InChI=1S/C14H20N2O3/c1-3-11-9-13(17)16(10-11)12-5-7-15(8-6-12)14(18)19-4-2/h1,11-12H,4-10H2,2H3. The van der Waals surface area contributed by atoms with Crippen molar-refractivity contribution in [1.82, 2.24) is 9.80 Å². The molecule has 0 aromatic rings. The number of amides is 2. The van der Waals surface area contributed by atoms with E-state index in [1.165, 1.54) is 0 Å². The van der Waals surface area contributed by atoms with Crippen molar-refractivity contribution in [2.24, 2.45) is 5.92 Å². The van der Waals surface area contributed by atoms with Crippen LogP contribution in [0.5, 0.6) is 0 Å². The van der Waals surface area contributed by atoms with Crippen LogP contribution in [0, 0.1) is 18.3 Å². The third-order valence-electron chi connectivity index (χ3n) is 3.83. The first-order valence-corrected chi connectivity index (χ1v) is 6.83. The van der Waals surface area contributed by atoms with E-state index >= 15 is 0 Å². The number of likely N-dealkylation sites (tertiary alicyclic amines) is 2. The van der Waals surface area contributed by atoms with E-state index in [4.69, 9.17) is 11.2 Å². The maximum Gasteiger partial charge on any atom is 0.409 e. The van der Waals surface area contributed by atoms with Crippen molar-refractivity contribution in [2.75, 3.05) is 26.2 Å². The highest BCUT2D eigenvalue weighted by atomic mass is 16.6. The quantitative estimate of drug-likeness (QED) is 0.701. The Bertz CT molecular complexity index is 394. The van der Waals surface area contributed by atoms with E-state index < -0.39 is 0 Å². The van der Waals surface area contributed by atoms with Crippen molar-refractivity contribution in [3.8, 4) is 12.3 Å². The van der Waals surface area contributed by atoms with E-state index in [0.717, 1.165) is 12.8 Å². The molecular weight excluding hydrogens is 244 g/mol. The molecule has 2 fully saturated rings. The van der Waals surface area contributed by atoms with Gasteiger partial charge >= 0.3 is 6.09 Å². The molecule has 5 heteroatoms. The van der Waals surface area contributed by atoms with Crippen molar-refractivity contribution in [1.29, 1.82) is 0 Å². The van der Waals surface area contributed by atoms with Crippen LogP contribution in [0.4, 0.5) is 4.79 Å². The molecule has 2 heterocycles. The van der Waals surface area contributed by atoms with E-state index in [-0.39, 0.29) is 24.0 Å². The Morgan fingerprint density at radius 2 is 2.16 bits per heavy atom. The summed E-state index contributed by atoms with van der Waals surface area (Å²) in [5, 5.41) is 0. The second kappa shape index (κ2) is 5.96. The summed E-state index contributed by atoms with van der Waals surface area (Å²) in [5.74, 6) is 2.86. The zero-order chi connectivity index (χ0) is 13.8. The van der Waals surface area contributed by atoms with Gasteiger partial charge in [-0.3, -0.25) is 4.79 Å². The van der Waals surface area contributed by atoms with Gasteiger partial charge in [0.15, 0.2) is 0 Å². The van der Waals surface area contributed by atoms with Crippen LogP contribution in [0.25, 0.3) is 0 Å². The SMILES string of the molecule is C#CC1CC(=O)N(C2CCN(C(=O)OCC)CC2)C1. The minimum absolute atomic E-state index is 0.0515. The molecule has 1 atom stereocenters. The summed E-state index contributed by atoms with van der Waals surface area (Å²) in [4.78, 5) is 27.1. The summed E-state index contributed by atoms with van der Waals surface area (Å²) in [6, 6.07) is 0.219. The van der Waals surface area contributed by atoms with Crippen LogP contribution in [0.2, 0.25) is 0 Å². The molecule has 0 saturated carbocycles. The lowest BCUT2D eigenvalue weighted by Crippen LogP contribution is -2.47. The van der Waals surface area contributed by atoms with Gasteiger partial charge < -0.3 is 14.5 Å². The number of hydrogen-bond donors (Lipinski definition) is 0. The highest BCUT2D eigenvalue weighted by molar-refractivity contribution is 5.79. The molecule has 1 unspecified atom stereocenters. The molecule has 2 amide bonds. The number of carbonyl (C=O) groups is 2. The molecule has 0 aromatic carbocycles. The van der Waals surface area contributed by atoms with Gasteiger partial charge in [0.2, 0.25) is 5.91 Å². The molecule has 0 aliphatic carbocycles. The Morgan fingerprint density at radius 1 is 1.47 bits per heavy atom. The van der Waals surface area contributed by atoms with Crippen molar-refractivity contribution in [3.05, 3.63) is 0 Å². The molecule has 0 bridgehead atoms. The van der Waals surface area contributed by atoms with E-state index in [1.807, 2.05) is 4.90 Å². The monoisotopic (exact) mass is 264 g/mol. The van der Waals surface area contributed by atoms with Gasteiger partial charge in [-0.25, -0.2) is 4.79 Å². The number of terminal acetylenes is 1. The fraction of sp³-hybridized carbons (Fsp3) is 0.714. The van der Waals surface area contributed by atoms with Gasteiger partial charge in [0.05, 0.1) is 6.61 Å². The smallest absolute Gasteiger partial charge is 0.409 e. The Kier molecular flexibility index (Phi) is 4.31. The molecule has 2 rings (SSSR count). The number of rotatable bonds is 2. The van der Waals surface area contributed by atoms with Gasteiger partial charge in [-0.05, 0) is 19.8 Å². The van der Waals surface area contributed by atoms with Crippen LogP contribution in [0.1, 0.15) is 26.2 Å². The van der Waals surface area contributed by atoms with Crippen LogP contribution >= 0.6 is 0 Å². The summed E-state index contributed by atoms with van der Waals surface area (Å²) >= 11 is 0. The van der Waals surface area contributed by atoms with E-state index in [9.17, 15) is 9.59 Å². The predicted octanol–water partition coefficient (Wildman–Crippen LogP) is 1.09. The normalized spacial score (nSPS) is 24.4. The number of nitrogens with zero attached hydrogens (tertiary/aromatic N) is 2. The molecule has 2 aliphatic rings. The molecule has 0 aromatic heterocycles. The zero-order valence-electron chi connectivity index (χ0n) is 11.3. The predicted molar refractivity (Wildman–Crippen MR) is 70.3 cm³/mol. The third kappa shape index (κ3) is 3.01. The summed E-state index contributed by atoms with van der Waals surface area (Å²) in [6.45, 7) is 4.15. The maximum absolute atomic E-state index is 11.9. The highest BCUT2D eigenvalue weighted by Gasteiger charge is 2.35. The van der Waals surface area contributed by atoms with Gasteiger partial charge in [-0.2, -0.15) is 0 Å². The van der Waals surface area contributed by atoms with Crippen molar-refractivity contribution < 1.29 is 14.3 Å². The van der Waals surface area contributed by atoms with Crippen LogP contribution in [0.3, 0.4) is 0 Å². The highest BCUT2D eigenvalue weighted by Crippen LogP contribution is 2.25. The summed E-state index contributed by atoms with van der Waals surface area (Å²) in [5.41, 5.74) is 0. The van der Waals surface area contributed by atoms with E-state index in [0.29, 0.717) is 32.7 Å². The van der Waals surface area contributed by atoms with Crippen LogP contribution in [-0.2, 0) is 9.53 Å². The molecular formula is C14H20N2O3. The molecule has 0 spiro atoms. The summed E-state index contributed by atoms with van der Waals surface area (Å²) in [6.07, 6.45) is 7.21.